The number of sulfone groups is 1. The van der Waals surface area contributed by atoms with Crippen LogP contribution in [0.4, 0.5) is 5.69 Å². The van der Waals surface area contributed by atoms with Gasteiger partial charge in [0.25, 0.3) is 0 Å². The molecule has 0 aliphatic carbocycles. The van der Waals surface area contributed by atoms with Crippen molar-refractivity contribution >= 4 is 15.5 Å². The predicted octanol–water partition coefficient (Wildman–Crippen LogP) is 1.28. The second kappa shape index (κ2) is 3.41. The molecule has 0 radical (unpaired) electrons. The van der Waals surface area contributed by atoms with Gasteiger partial charge in [0.1, 0.15) is 5.75 Å². The molecule has 82 valence electrons. The molecular weight excluding hydrogens is 214 g/mol. The minimum Gasteiger partial charge on any atom is -0.497 e. The van der Waals surface area contributed by atoms with Crippen molar-refractivity contribution in [3.8, 4) is 5.75 Å². The van der Waals surface area contributed by atoms with E-state index < -0.39 is 9.84 Å². The van der Waals surface area contributed by atoms with Crippen LogP contribution < -0.4 is 10.1 Å². The lowest BCUT2D eigenvalue weighted by atomic mass is 10.3. The number of nitrogens with one attached hydrogen (secondary N) is 1. The monoisotopic (exact) mass is 227 g/mol. The molecule has 1 heterocycles. The lowest BCUT2D eigenvalue weighted by molar-refractivity contribution is 0.414. The zero-order chi connectivity index (χ0) is 11.1. The first kappa shape index (κ1) is 10.3. The highest BCUT2D eigenvalue weighted by Crippen LogP contribution is 2.32. The van der Waals surface area contributed by atoms with Gasteiger partial charge >= 0.3 is 0 Å². The summed E-state index contributed by atoms with van der Waals surface area (Å²) in [5, 5.41) is 2.71. The minimum atomic E-state index is -3.16. The Labute approximate surface area is 89.2 Å². The maximum absolute atomic E-state index is 11.9. The molecule has 1 unspecified atom stereocenters. The van der Waals surface area contributed by atoms with Crippen LogP contribution in [0.25, 0.3) is 0 Å². The van der Waals surface area contributed by atoms with Crippen LogP contribution in [0.15, 0.2) is 23.1 Å². The van der Waals surface area contributed by atoms with Gasteiger partial charge in [-0.3, -0.25) is 0 Å². The van der Waals surface area contributed by atoms with Gasteiger partial charge in [0, 0.05) is 12.6 Å². The fourth-order valence-corrected chi connectivity index (χ4v) is 3.03. The van der Waals surface area contributed by atoms with Crippen molar-refractivity contribution in [3.05, 3.63) is 18.2 Å². The average Bonchev–Trinajstić information content (AvgIpc) is 2.23. The molecule has 1 aromatic rings. The fraction of sp³-hybridized carbons (Fsp3) is 0.400. The summed E-state index contributed by atoms with van der Waals surface area (Å²) in [6.07, 6.45) is 0. The number of ether oxygens (including phenoxy) is 1. The molecule has 15 heavy (non-hydrogen) atoms. The van der Waals surface area contributed by atoms with Crippen LogP contribution in [0.3, 0.4) is 0 Å². The number of hydrogen-bond donors (Lipinski definition) is 1. The topological polar surface area (TPSA) is 55.4 Å². The van der Waals surface area contributed by atoms with Gasteiger partial charge in [-0.25, -0.2) is 8.42 Å². The molecule has 1 atom stereocenters. The summed E-state index contributed by atoms with van der Waals surface area (Å²) in [6, 6.07) is 4.96. The summed E-state index contributed by atoms with van der Waals surface area (Å²) >= 11 is 0. The van der Waals surface area contributed by atoms with E-state index in [0.29, 0.717) is 22.9 Å². The van der Waals surface area contributed by atoms with Crippen molar-refractivity contribution in [3.63, 3.8) is 0 Å². The van der Waals surface area contributed by atoms with Crippen molar-refractivity contribution in [2.24, 2.45) is 0 Å². The minimum absolute atomic E-state index is 0.363. The van der Waals surface area contributed by atoms with Crippen LogP contribution in [0.1, 0.15) is 6.92 Å². The maximum atomic E-state index is 11.9. The van der Waals surface area contributed by atoms with Gasteiger partial charge in [-0.2, -0.15) is 0 Å². The highest BCUT2D eigenvalue weighted by Gasteiger charge is 2.30. The Morgan fingerprint density at radius 3 is 2.87 bits per heavy atom. The summed E-state index contributed by atoms with van der Waals surface area (Å²) < 4.78 is 28.9. The lowest BCUT2D eigenvalue weighted by Crippen LogP contribution is -2.31. The fourth-order valence-electron chi connectivity index (χ4n) is 1.60. The van der Waals surface area contributed by atoms with E-state index in [1.165, 1.54) is 0 Å². The summed E-state index contributed by atoms with van der Waals surface area (Å²) in [7, 11) is -1.61. The van der Waals surface area contributed by atoms with Gasteiger partial charge in [0.05, 0.1) is 22.9 Å². The predicted molar refractivity (Wildman–Crippen MR) is 58.1 cm³/mol. The number of fused-ring (bicyclic) bond motifs is 1. The number of hydrogen-bond acceptors (Lipinski definition) is 4. The van der Waals surface area contributed by atoms with Crippen LogP contribution in [-0.4, -0.2) is 27.3 Å². The van der Waals surface area contributed by atoms with Gasteiger partial charge in [0.2, 0.25) is 0 Å². The maximum Gasteiger partial charge on any atom is 0.184 e. The van der Waals surface area contributed by atoms with Gasteiger partial charge in [-0.15, -0.1) is 0 Å². The first-order chi connectivity index (χ1) is 7.05. The Balaban J connectivity index is 2.58. The Hall–Kier alpha value is -1.23. The van der Waals surface area contributed by atoms with Crippen LogP contribution in [-0.2, 0) is 9.84 Å². The molecule has 1 aliphatic rings. The third kappa shape index (κ3) is 1.56. The highest BCUT2D eigenvalue weighted by molar-refractivity contribution is 7.92. The van der Waals surface area contributed by atoms with Crippen molar-refractivity contribution < 1.29 is 13.2 Å². The normalized spacial score (nSPS) is 22.7. The quantitative estimate of drug-likeness (QED) is 0.785. The zero-order valence-electron chi connectivity index (χ0n) is 8.65. The van der Waals surface area contributed by atoms with Crippen molar-refractivity contribution in [1.82, 2.24) is 0 Å². The molecule has 5 heteroatoms. The summed E-state index contributed by atoms with van der Waals surface area (Å²) in [5.74, 6) is 0.658. The summed E-state index contributed by atoms with van der Waals surface area (Å²) in [5.41, 5.74) is 0.632. The van der Waals surface area contributed by atoms with E-state index in [1.807, 2.05) is 0 Å². The van der Waals surface area contributed by atoms with E-state index in [2.05, 4.69) is 5.32 Å². The van der Waals surface area contributed by atoms with Gasteiger partial charge in [-0.1, -0.05) is 0 Å². The Kier molecular flexibility index (Phi) is 2.34. The van der Waals surface area contributed by atoms with E-state index in [9.17, 15) is 8.42 Å². The molecule has 1 aromatic carbocycles. The first-order valence-corrected chi connectivity index (χ1v) is 6.26. The Morgan fingerprint density at radius 2 is 2.20 bits per heavy atom. The van der Waals surface area contributed by atoms with Crippen molar-refractivity contribution in [2.75, 3.05) is 19.0 Å². The van der Waals surface area contributed by atoms with Gasteiger partial charge in [0.15, 0.2) is 9.84 Å². The largest absolute Gasteiger partial charge is 0.497 e. The van der Waals surface area contributed by atoms with E-state index in [1.54, 1.807) is 32.2 Å². The molecule has 1 aliphatic heterocycles. The SMILES string of the molecule is COc1ccc2c(c1)NCC(C)S2(=O)=O. The molecule has 1 N–H and O–H groups in total. The van der Waals surface area contributed by atoms with Crippen LogP contribution in [0.5, 0.6) is 5.75 Å². The number of methoxy groups -OCH3 is 1. The van der Waals surface area contributed by atoms with Crippen LogP contribution in [0.2, 0.25) is 0 Å². The van der Waals surface area contributed by atoms with E-state index in [-0.39, 0.29) is 5.25 Å². The molecule has 0 amide bonds. The second-order valence-corrected chi connectivity index (χ2v) is 5.93. The average molecular weight is 227 g/mol. The third-order valence-electron chi connectivity index (χ3n) is 2.60. The highest BCUT2D eigenvalue weighted by atomic mass is 32.2. The molecule has 0 bridgehead atoms. The second-order valence-electron chi connectivity index (χ2n) is 3.60. The van der Waals surface area contributed by atoms with Crippen LogP contribution >= 0.6 is 0 Å². The summed E-state index contributed by atoms with van der Waals surface area (Å²) in [4.78, 5) is 0.363. The molecule has 2 rings (SSSR count). The molecular formula is C10H13NO3S. The lowest BCUT2D eigenvalue weighted by Gasteiger charge is -2.23. The molecule has 0 fully saturated rings. The Morgan fingerprint density at radius 1 is 1.47 bits per heavy atom. The number of rotatable bonds is 1. The molecule has 0 aromatic heterocycles. The summed E-state index contributed by atoms with van der Waals surface area (Å²) in [6.45, 7) is 2.15. The zero-order valence-corrected chi connectivity index (χ0v) is 9.47. The number of anilines is 1. The van der Waals surface area contributed by atoms with Crippen molar-refractivity contribution in [1.29, 1.82) is 0 Å². The number of benzene rings is 1. The molecule has 4 nitrogen and oxygen atoms in total. The standard InChI is InChI=1S/C10H13NO3S/c1-7-6-11-9-5-8(14-2)3-4-10(9)15(7,12)13/h3-5,7,11H,6H2,1-2H3. The van der Waals surface area contributed by atoms with Gasteiger partial charge < -0.3 is 10.1 Å². The Bertz CT molecular complexity index is 481. The molecule has 0 spiro atoms. The smallest absolute Gasteiger partial charge is 0.184 e. The van der Waals surface area contributed by atoms with E-state index >= 15 is 0 Å². The molecule has 0 saturated carbocycles. The van der Waals surface area contributed by atoms with E-state index in [0.717, 1.165) is 0 Å². The van der Waals surface area contributed by atoms with Crippen molar-refractivity contribution in [2.45, 2.75) is 17.1 Å². The molecule has 0 saturated heterocycles. The van der Waals surface area contributed by atoms with E-state index in [4.69, 9.17) is 4.74 Å². The third-order valence-corrected chi connectivity index (χ3v) is 4.80. The van der Waals surface area contributed by atoms with Gasteiger partial charge in [-0.05, 0) is 19.1 Å². The first-order valence-electron chi connectivity index (χ1n) is 4.71. The van der Waals surface area contributed by atoms with Crippen LogP contribution in [0, 0.1) is 0 Å².